The zero-order chi connectivity index (χ0) is 73.2. The molecule has 0 bridgehead atoms. The first-order valence-electron chi connectivity index (χ1n) is 36.4. The number of hydrogen-bond donors (Lipinski definition) is 0. The van der Waals surface area contributed by atoms with Gasteiger partial charge in [0.25, 0.3) is 6.71 Å². The quantitative estimate of drug-likeness (QED) is 0.101. The molecule has 14 aromatic carbocycles. The van der Waals surface area contributed by atoms with E-state index in [4.69, 9.17) is 39.9 Å². The van der Waals surface area contributed by atoms with E-state index in [0.717, 1.165) is 145 Å². The molecular weight excluding hydrogens is 1350 g/mol. The Morgan fingerprint density at radius 2 is 0.618 bits per heavy atom. The maximum absolute atomic E-state index is 10.6. The Labute approximate surface area is 634 Å². The molecule has 0 saturated heterocycles. The van der Waals surface area contributed by atoms with Crippen LogP contribution in [0.5, 0.6) is 0 Å². The van der Waals surface area contributed by atoms with Gasteiger partial charge in [-0.1, -0.05) is 237 Å². The van der Waals surface area contributed by atoms with Crippen molar-refractivity contribution in [3.05, 3.63) is 363 Å². The van der Waals surface area contributed by atoms with E-state index in [1.807, 2.05) is 194 Å². The number of para-hydroxylation sites is 2. The maximum Gasteiger partial charge on any atom is 0.252 e. The number of fused-ring (bicyclic) bond motifs is 7. The molecule has 6 heterocycles. The van der Waals surface area contributed by atoms with E-state index < -0.39 is 0 Å². The smallest absolute Gasteiger partial charge is 0.252 e. The van der Waals surface area contributed by atoms with Crippen molar-refractivity contribution >= 4 is 79.0 Å². The normalized spacial score (nSPS) is 11.9. The van der Waals surface area contributed by atoms with Crippen LogP contribution in [-0.4, -0.2) is 51.2 Å². The fourth-order valence-electron chi connectivity index (χ4n) is 15.6. The van der Waals surface area contributed by atoms with Crippen LogP contribution < -0.4 is 26.2 Å². The van der Waals surface area contributed by atoms with Gasteiger partial charge in [-0.25, -0.2) is 39.9 Å². The molecule has 0 spiro atoms. The molecule has 110 heavy (non-hydrogen) atoms. The van der Waals surface area contributed by atoms with E-state index in [9.17, 15) is 10.5 Å². The summed E-state index contributed by atoms with van der Waals surface area (Å²) in [4.78, 5) is 47.5. The number of benzene rings is 14. The third-order valence-corrected chi connectivity index (χ3v) is 20.7. The molecule has 14 heteroatoms. The summed E-state index contributed by atoms with van der Waals surface area (Å²) in [6.07, 6.45) is 0. The Morgan fingerprint density at radius 3 is 1.06 bits per heavy atom. The van der Waals surface area contributed by atoms with Crippen molar-refractivity contribution in [1.29, 1.82) is 10.5 Å². The predicted octanol–water partition coefficient (Wildman–Crippen LogP) is 20.4. The number of rotatable bonds is 13. The lowest BCUT2D eigenvalue weighted by molar-refractivity contribution is 1.06. The highest BCUT2D eigenvalue weighted by Gasteiger charge is 2.44. The Kier molecular flexibility index (Phi) is 15.7. The van der Waals surface area contributed by atoms with Gasteiger partial charge in [0.1, 0.15) is 0 Å². The van der Waals surface area contributed by atoms with Gasteiger partial charge < -0.3 is 14.4 Å². The summed E-state index contributed by atoms with van der Waals surface area (Å²) < 4.78 is 2.33. The first kappa shape index (κ1) is 64.2. The number of hydrogen-bond acceptors (Lipinski definition) is 12. The Morgan fingerprint density at radius 1 is 0.245 bits per heavy atom. The van der Waals surface area contributed by atoms with E-state index >= 15 is 0 Å². The topological polar surface area (TPSA) is 162 Å². The molecule has 13 nitrogen and oxygen atoms in total. The van der Waals surface area contributed by atoms with E-state index in [2.05, 4.69) is 184 Å². The first-order chi connectivity index (χ1) is 54.4. The van der Waals surface area contributed by atoms with Gasteiger partial charge in [0, 0.05) is 95.0 Å². The van der Waals surface area contributed by atoms with Crippen LogP contribution in [0.2, 0.25) is 0 Å². The molecule has 510 valence electrons. The van der Waals surface area contributed by atoms with Gasteiger partial charge >= 0.3 is 0 Å². The fraction of sp³-hybridized carbons (Fsp3) is 0. The number of nitriles is 2. The maximum atomic E-state index is 10.6. The van der Waals surface area contributed by atoms with Crippen molar-refractivity contribution < 1.29 is 0 Å². The van der Waals surface area contributed by atoms with Crippen LogP contribution in [0.4, 0.5) is 34.1 Å². The van der Waals surface area contributed by atoms with Gasteiger partial charge in [-0.2, -0.15) is 10.5 Å². The monoisotopic (exact) mass is 1400 g/mol. The Hall–Kier alpha value is -15.4. The van der Waals surface area contributed by atoms with Crippen molar-refractivity contribution in [1.82, 2.24) is 44.4 Å². The first-order valence-corrected chi connectivity index (χ1v) is 36.4. The van der Waals surface area contributed by atoms with Gasteiger partial charge in [-0.3, -0.25) is 0 Å². The van der Waals surface area contributed by atoms with Gasteiger partial charge in [-0.05, 0) is 143 Å². The summed E-state index contributed by atoms with van der Waals surface area (Å²) in [6, 6.07) is 125. The van der Waals surface area contributed by atoms with Crippen LogP contribution in [0.3, 0.4) is 0 Å². The second-order valence-electron chi connectivity index (χ2n) is 27.3. The molecule has 0 unspecified atom stereocenters. The standard InChI is InChI=1S/C96H58BN13/c98-59-61-41-47-84-78(51-61)97-79-52-62(60-99)42-48-85(79)109(74-39-23-8-24-40-74)88-57-72(56-87(89(88)97)108(84)73-37-21-7-22-38-73)69-44-49-82-76(53-69)75-46-43-71(95-104-90(65-29-13-3-14-30-65)102-91(105-95)66-31-15-4-16-32-66)55-86(75)110(82)83-50-45-70(94-100-80(63-25-9-1-10-26-63)58-81(101-94)64-27-11-2-12-28-64)54-77(83)96-106-92(67-33-17-5-18-34-67)103-93(107-96)68-35-19-6-20-36-68/h1-58H. The minimum Gasteiger partial charge on any atom is -0.311 e. The van der Waals surface area contributed by atoms with Crippen LogP contribution in [0.15, 0.2) is 352 Å². The van der Waals surface area contributed by atoms with Crippen molar-refractivity contribution in [3.63, 3.8) is 0 Å². The third-order valence-electron chi connectivity index (χ3n) is 20.7. The molecular formula is C96H58BN13. The molecule has 2 aliphatic rings. The van der Waals surface area contributed by atoms with Gasteiger partial charge in [0.2, 0.25) is 0 Å². The number of anilines is 6. The molecule has 0 aliphatic carbocycles. The fourth-order valence-corrected chi connectivity index (χ4v) is 15.6. The summed E-state index contributed by atoms with van der Waals surface area (Å²) >= 11 is 0. The summed E-state index contributed by atoms with van der Waals surface area (Å²) in [7, 11) is 0. The lowest BCUT2D eigenvalue weighted by Gasteiger charge is -2.44. The Balaban J connectivity index is 0.870. The number of nitrogens with zero attached hydrogens (tertiary/aromatic N) is 13. The van der Waals surface area contributed by atoms with Crippen LogP contribution >= 0.6 is 0 Å². The zero-order valence-corrected chi connectivity index (χ0v) is 58.9. The predicted molar refractivity (Wildman–Crippen MR) is 441 cm³/mol. The van der Waals surface area contributed by atoms with E-state index in [1.54, 1.807) is 0 Å². The van der Waals surface area contributed by atoms with Crippen molar-refractivity contribution in [3.8, 4) is 131 Å². The van der Waals surface area contributed by atoms with Crippen LogP contribution in [0.25, 0.3) is 141 Å². The van der Waals surface area contributed by atoms with Crippen molar-refractivity contribution in [2.45, 2.75) is 0 Å². The molecule has 0 fully saturated rings. The highest BCUT2D eigenvalue weighted by molar-refractivity contribution is 7.00. The second kappa shape index (κ2) is 27.0. The van der Waals surface area contributed by atoms with Gasteiger partial charge in [-0.15, -0.1) is 0 Å². The SMILES string of the molecule is N#Cc1ccc2c(c1)B1c3cc(C#N)ccc3N(c3ccccc3)c3cc(-c4ccc5c(c4)c4ccc(-c6nc(-c7ccccc7)nc(-c7ccccc7)n6)cc4n5-c4ccc(-c5nc(-c6ccccc6)cc(-c6ccccc6)n5)cc4-c4nc(-c5ccccc5)nc(-c5ccccc5)n4)cc(c31)N2c1ccccc1. The molecule has 18 aromatic rings. The molecule has 0 atom stereocenters. The van der Waals surface area contributed by atoms with E-state index in [-0.39, 0.29) is 6.71 Å². The van der Waals surface area contributed by atoms with Crippen LogP contribution in [-0.2, 0) is 0 Å². The zero-order valence-electron chi connectivity index (χ0n) is 58.9. The highest BCUT2D eigenvalue weighted by atomic mass is 15.2. The minimum absolute atomic E-state index is 0.352. The largest absolute Gasteiger partial charge is 0.311 e. The lowest BCUT2D eigenvalue weighted by Crippen LogP contribution is -2.61. The summed E-state index contributed by atoms with van der Waals surface area (Å²) in [5, 5.41) is 23.1. The van der Waals surface area contributed by atoms with Crippen LogP contribution in [0, 0.1) is 22.7 Å². The van der Waals surface area contributed by atoms with E-state index in [1.165, 1.54) is 0 Å². The second-order valence-corrected chi connectivity index (χ2v) is 27.3. The number of aromatic nitrogens is 9. The summed E-state index contributed by atoms with van der Waals surface area (Å²) in [5.41, 5.74) is 23.3. The van der Waals surface area contributed by atoms with Gasteiger partial charge in [0.05, 0.1) is 51.4 Å². The molecule has 4 aromatic heterocycles. The summed E-state index contributed by atoms with van der Waals surface area (Å²) in [5.74, 6) is 3.54. The molecule has 0 saturated carbocycles. The molecule has 0 N–H and O–H groups in total. The van der Waals surface area contributed by atoms with E-state index in [0.29, 0.717) is 57.5 Å². The highest BCUT2D eigenvalue weighted by Crippen LogP contribution is 2.48. The van der Waals surface area contributed by atoms with Crippen LogP contribution in [0.1, 0.15) is 11.1 Å². The Bertz CT molecular complexity index is 6430. The molecule has 0 radical (unpaired) electrons. The average Bonchev–Trinajstić information content (AvgIpc) is 0.780. The van der Waals surface area contributed by atoms with Crippen molar-refractivity contribution in [2.24, 2.45) is 0 Å². The molecule has 0 amide bonds. The third kappa shape index (κ3) is 11.4. The lowest BCUT2D eigenvalue weighted by atomic mass is 9.33. The van der Waals surface area contributed by atoms with Crippen molar-refractivity contribution in [2.75, 3.05) is 9.80 Å². The average molecular weight is 1400 g/mol. The summed E-state index contributed by atoms with van der Waals surface area (Å²) in [6.45, 7) is -0.352. The minimum atomic E-state index is -0.352. The molecule has 2 aliphatic heterocycles. The molecule has 20 rings (SSSR count). The van der Waals surface area contributed by atoms with Gasteiger partial charge in [0.15, 0.2) is 40.8 Å².